The summed E-state index contributed by atoms with van der Waals surface area (Å²) in [7, 11) is 0. The third-order valence-electron chi connectivity index (χ3n) is 4.31. The van der Waals surface area contributed by atoms with E-state index in [9.17, 15) is 4.79 Å². The Morgan fingerprint density at radius 1 is 1.00 bits per heavy atom. The molecule has 0 aliphatic carbocycles. The van der Waals surface area contributed by atoms with Crippen molar-refractivity contribution in [2.45, 2.75) is 26.8 Å². The van der Waals surface area contributed by atoms with Crippen LogP contribution in [0, 0.1) is 13.8 Å². The Kier molecular flexibility index (Phi) is 3.89. The fraction of sp³-hybridized carbons (Fsp3) is 0.316. The molecule has 0 unspecified atom stereocenters. The first kappa shape index (κ1) is 14.0. The Hall–Kier alpha value is -1.93. The van der Waals surface area contributed by atoms with Gasteiger partial charge in [0.2, 0.25) is 0 Å². The molecule has 1 aliphatic heterocycles. The normalized spacial score (nSPS) is 14.8. The van der Waals surface area contributed by atoms with Crippen molar-refractivity contribution in [3.8, 4) is 0 Å². The summed E-state index contributed by atoms with van der Waals surface area (Å²) in [4.78, 5) is 15.0. The molecule has 2 nitrogen and oxygen atoms in total. The number of rotatable bonds is 4. The molecule has 1 aliphatic rings. The van der Waals surface area contributed by atoms with Gasteiger partial charge >= 0.3 is 0 Å². The molecule has 21 heavy (non-hydrogen) atoms. The zero-order chi connectivity index (χ0) is 14.8. The molecule has 1 heterocycles. The highest BCUT2D eigenvalue weighted by atomic mass is 16.1. The van der Waals surface area contributed by atoms with Crippen LogP contribution in [0.5, 0.6) is 0 Å². The number of nitrogens with zero attached hydrogens (tertiary/aromatic N) is 1. The van der Waals surface area contributed by atoms with Gasteiger partial charge in [0, 0.05) is 17.7 Å². The van der Waals surface area contributed by atoms with Crippen LogP contribution < -0.4 is 0 Å². The van der Waals surface area contributed by atoms with E-state index >= 15 is 0 Å². The smallest absolute Gasteiger partial charge is 0.193 e. The highest BCUT2D eigenvalue weighted by molar-refractivity contribution is 6.09. The fourth-order valence-corrected chi connectivity index (χ4v) is 2.66. The van der Waals surface area contributed by atoms with Crippen LogP contribution in [0.1, 0.15) is 39.0 Å². The van der Waals surface area contributed by atoms with E-state index in [-0.39, 0.29) is 5.78 Å². The Labute approximate surface area is 126 Å². The first-order valence-corrected chi connectivity index (χ1v) is 7.57. The molecule has 1 fully saturated rings. The van der Waals surface area contributed by atoms with Crippen molar-refractivity contribution in [3.05, 3.63) is 70.3 Å². The lowest BCUT2D eigenvalue weighted by molar-refractivity contribution is 0.103. The van der Waals surface area contributed by atoms with Gasteiger partial charge in [-0.25, -0.2) is 0 Å². The molecule has 2 heteroatoms. The van der Waals surface area contributed by atoms with Crippen molar-refractivity contribution in [1.82, 2.24) is 4.90 Å². The number of hydrogen-bond donors (Lipinski definition) is 0. The number of benzene rings is 2. The van der Waals surface area contributed by atoms with Crippen molar-refractivity contribution >= 4 is 5.78 Å². The topological polar surface area (TPSA) is 20.3 Å². The Bertz CT molecular complexity index is 671. The average molecular weight is 279 g/mol. The quantitative estimate of drug-likeness (QED) is 0.795. The number of likely N-dealkylation sites (tertiary alicyclic amines) is 1. The Morgan fingerprint density at radius 3 is 2.43 bits per heavy atom. The summed E-state index contributed by atoms with van der Waals surface area (Å²) >= 11 is 0. The predicted molar refractivity (Wildman–Crippen MR) is 85.7 cm³/mol. The molecule has 0 bridgehead atoms. The molecule has 1 saturated heterocycles. The van der Waals surface area contributed by atoms with Crippen LogP contribution in [0.3, 0.4) is 0 Å². The van der Waals surface area contributed by atoms with Crippen molar-refractivity contribution in [2.24, 2.45) is 0 Å². The average Bonchev–Trinajstić information content (AvgIpc) is 2.45. The first-order chi connectivity index (χ1) is 10.1. The predicted octanol–water partition coefficient (Wildman–Crippen LogP) is 3.74. The van der Waals surface area contributed by atoms with Crippen LogP contribution in [0.25, 0.3) is 0 Å². The summed E-state index contributed by atoms with van der Waals surface area (Å²) in [5, 5.41) is 0. The minimum Gasteiger partial charge on any atom is -0.299 e. The van der Waals surface area contributed by atoms with Gasteiger partial charge in [-0.05, 0) is 62.2 Å². The number of aryl methyl sites for hydroxylation is 2. The lowest BCUT2D eigenvalue weighted by Crippen LogP contribution is -2.36. The molecule has 0 spiro atoms. The number of hydrogen-bond acceptors (Lipinski definition) is 2. The Morgan fingerprint density at radius 2 is 1.76 bits per heavy atom. The van der Waals surface area contributed by atoms with Gasteiger partial charge in [-0.1, -0.05) is 30.3 Å². The van der Waals surface area contributed by atoms with Gasteiger partial charge in [0.25, 0.3) is 0 Å². The second kappa shape index (κ2) is 5.82. The fourth-order valence-electron chi connectivity index (χ4n) is 2.66. The van der Waals surface area contributed by atoms with Gasteiger partial charge < -0.3 is 0 Å². The van der Waals surface area contributed by atoms with E-state index in [1.807, 2.05) is 43.3 Å². The molecule has 3 rings (SSSR count). The maximum atomic E-state index is 12.6. The van der Waals surface area contributed by atoms with Crippen LogP contribution in [0.4, 0.5) is 0 Å². The van der Waals surface area contributed by atoms with E-state index < -0.39 is 0 Å². The van der Waals surface area contributed by atoms with E-state index in [1.54, 1.807) is 0 Å². The van der Waals surface area contributed by atoms with E-state index in [4.69, 9.17) is 0 Å². The van der Waals surface area contributed by atoms with Crippen LogP contribution in [0.15, 0.2) is 42.5 Å². The van der Waals surface area contributed by atoms with Crippen LogP contribution in [0.2, 0.25) is 0 Å². The standard InChI is InChI=1S/C19H21NO/c1-14-7-8-18(11-15(14)2)19(21)17-6-3-5-16(12-17)13-20-9-4-10-20/h3,5-8,11-12H,4,9-10,13H2,1-2H3. The second-order valence-electron chi connectivity index (χ2n) is 5.96. The molecule has 0 N–H and O–H groups in total. The molecule has 0 aromatic heterocycles. The third-order valence-corrected chi connectivity index (χ3v) is 4.31. The third kappa shape index (κ3) is 3.06. The largest absolute Gasteiger partial charge is 0.299 e. The molecule has 2 aromatic carbocycles. The van der Waals surface area contributed by atoms with Gasteiger partial charge in [-0.3, -0.25) is 9.69 Å². The van der Waals surface area contributed by atoms with E-state index in [2.05, 4.69) is 17.9 Å². The maximum Gasteiger partial charge on any atom is 0.193 e. The molecule has 0 atom stereocenters. The number of ketones is 1. The lowest BCUT2D eigenvalue weighted by atomic mass is 9.98. The summed E-state index contributed by atoms with van der Waals surface area (Å²) in [5.41, 5.74) is 5.18. The van der Waals surface area contributed by atoms with Gasteiger partial charge in [0.15, 0.2) is 5.78 Å². The lowest BCUT2D eigenvalue weighted by Gasteiger charge is -2.30. The minimum atomic E-state index is 0.114. The van der Waals surface area contributed by atoms with Crippen LogP contribution >= 0.6 is 0 Å². The highest BCUT2D eigenvalue weighted by Crippen LogP contribution is 2.17. The summed E-state index contributed by atoms with van der Waals surface area (Å²) in [6.45, 7) is 7.42. The zero-order valence-electron chi connectivity index (χ0n) is 12.7. The molecule has 2 aromatic rings. The Balaban J connectivity index is 1.83. The van der Waals surface area contributed by atoms with Crippen LogP contribution in [-0.2, 0) is 6.54 Å². The summed E-state index contributed by atoms with van der Waals surface area (Å²) in [5.74, 6) is 0.114. The summed E-state index contributed by atoms with van der Waals surface area (Å²) in [6.07, 6.45) is 1.29. The van der Waals surface area contributed by atoms with E-state index in [1.165, 1.54) is 30.6 Å². The van der Waals surface area contributed by atoms with Gasteiger partial charge in [-0.15, -0.1) is 0 Å². The molecular formula is C19H21NO. The van der Waals surface area contributed by atoms with Crippen molar-refractivity contribution in [1.29, 1.82) is 0 Å². The van der Waals surface area contributed by atoms with E-state index in [0.717, 1.165) is 23.2 Å². The summed E-state index contributed by atoms with van der Waals surface area (Å²) in [6, 6.07) is 14.0. The van der Waals surface area contributed by atoms with E-state index in [0.29, 0.717) is 0 Å². The molecule has 0 saturated carbocycles. The summed E-state index contributed by atoms with van der Waals surface area (Å²) < 4.78 is 0. The molecular weight excluding hydrogens is 258 g/mol. The highest BCUT2D eigenvalue weighted by Gasteiger charge is 2.15. The van der Waals surface area contributed by atoms with Gasteiger partial charge in [0.1, 0.15) is 0 Å². The number of carbonyl (C=O) groups excluding carboxylic acids is 1. The van der Waals surface area contributed by atoms with Crippen molar-refractivity contribution < 1.29 is 4.79 Å². The molecule has 108 valence electrons. The monoisotopic (exact) mass is 279 g/mol. The zero-order valence-corrected chi connectivity index (χ0v) is 12.7. The molecule has 0 amide bonds. The van der Waals surface area contributed by atoms with Crippen molar-refractivity contribution in [2.75, 3.05) is 13.1 Å². The van der Waals surface area contributed by atoms with Gasteiger partial charge in [0.05, 0.1) is 0 Å². The second-order valence-corrected chi connectivity index (χ2v) is 5.96. The van der Waals surface area contributed by atoms with Crippen LogP contribution in [-0.4, -0.2) is 23.8 Å². The first-order valence-electron chi connectivity index (χ1n) is 7.57. The molecule has 0 radical (unpaired) electrons. The SMILES string of the molecule is Cc1ccc(C(=O)c2cccc(CN3CCC3)c2)cc1C. The number of carbonyl (C=O) groups is 1. The van der Waals surface area contributed by atoms with Gasteiger partial charge in [-0.2, -0.15) is 0 Å². The van der Waals surface area contributed by atoms with Crippen molar-refractivity contribution in [3.63, 3.8) is 0 Å². The maximum absolute atomic E-state index is 12.6. The minimum absolute atomic E-state index is 0.114.